The smallest absolute Gasteiger partial charge is 0.416 e. The number of amides is 2. The van der Waals surface area contributed by atoms with Crippen molar-refractivity contribution in [3.8, 4) is 5.75 Å². The number of ether oxygens (including phenoxy) is 2. The van der Waals surface area contributed by atoms with Crippen LogP contribution in [0.2, 0.25) is 0 Å². The van der Waals surface area contributed by atoms with Gasteiger partial charge in [0.05, 0.1) is 25.1 Å². The molecule has 0 radical (unpaired) electrons. The third-order valence-corrected chi connectivity index (χ3v) is 5.09. The van der Waals surface area contributed by atoms with E-state index in [0.717, 1.165) is 10.6 Å². The van der Waals surface area contributed by atoms with E-state index in [-0.39, 0.29) is 18.3 Å². The second-order valence-corrected chi connectivity index (χ2v) is 6.85. The van der Waals surface area contributed by atoms with Gasteiger partial charge in [-0.1, -0.05) is 35.2 Å². The maximum atomic E-state index is 11.9. The summed E-state index contributed by atoms with van der Waals surface area (Å²) in [6, 6.07) is 7.47. The average molecular weight is 366 g/mol. The highest BCUT2D eigenvalue weighted by molar-refractivity contribution is 8.01. The highest BCUT2D eigenvalue weighted by Crippen LogP contribution is 2.31. The lowest BCUT2D eigenvalue weighted by molar-refractivity contribution is -0.125. The topological polar surface area (TPSA) is 93.7 Å². The summed E-state index contributed by atoms with van der Waals surface area (Å²) in [6.07, 6.45) is -0.587. The zero-order valence-electron chi connectivity index (χ0n) is 12.7. The molecule has 1 fully saturated rings. The van der Waals surface area contributed by atoms with Crippen molar-refractivity contribution < 1.29 is 19.1 Å². The first kappa shape index (κ1) is 16.5. The van der Waals surface area contributed by atoms with Crippen molar-refractivity contribution >= 4 is 45.9 Å². The first-order valence-electron chi connectivity index (χ1n) is 7.01. The Bertz CT molecular complexity index is 752. The number of methoxy groups -OCH3 is 1. The number of hydrogen-bond donors (Lipinski definition) is 1. The van der Waals surface area contributed by atoms with E-state index in [4.69, 9.17) is 9.47 Å². The number of benzene rings is 1. The summed E-state index contributed by atoms with van der Waals surface area (Å²) >= 11 is 2.55. The van der Waals surface area contributed by atoms with Crippen LogP contribution >= 0.6 is 23.1 Å². The van der Waals surface area contributed by atoms with Gasteiger partial charge in [-0.15, -0.1) is 10.2 Å². The van der Waals surface area contributed by atoms with Gasteiger partial charge >= 0.3 is 6.09 Å². The van der Waals surface area contributed by atoms with Crippen LogP contribution < -0.4 is 10.1 Å². The molecule has 1 aliphatic rings. The van der Waals surface area contributed by atoms with Crippen LogP contribution in [0.25, 0.3) is 0 Å². The second-order valence-electron chi connectivity index (χ2n) is 4.65. The maximum absolute atomic E-state index is 11.9. The summed E-state index contributed by atoms with van der Waals surface area (Å²) in [5.74, 6) is 0.514. The molecule has 0 spiro atoms. The van der Waals surface area contributed by atoms with Gasteiger partial charge in [0.2, 0.25) is 11.0 Å². The molecule has 0 saturated carbocycles. The average Bonchev–Trinajstić information content (AvgIpc) is 3.22. The Labute approximate surface area is 146 Å². The molecule has 1 saturated heterocycles. The predicted octanol–water partition coefficient (Wildman–Crippen LogP) is 2.36. The number of carbonyl (C=O) groups is 2. The summed E-state index contributed by atoms with van der Waals surface area (Å²) in [7, 11) is 1.59. The molecule has 0 atom stereocenters. The Morgan fingerprint density at radius 1 is 1.46 bits per heavy atom. The standard InChI is InChI=1S/C14H14N4O4S2/c1-21-10-5-3-2-4-9(10)15-12-16-17-13(24-12)23-8-11(19)18-6-7-22-14(18)20/h2-5H,6-8H2,1H3,(H,15,16). The van der Waals surface area contributed by atoms with Crippen molar-refractivity contribution in [1.82, 2.24) is 15.1 Å². The van der Waals surface area contributed by atoms with Gasteiger partial charge in [-0.25, -0.2) is 9.69 Å². The van der Waals surface area contributed by atoms with E-state index >= 15 is 0 Å². The van der Waals surface area contributed by atoms with E-state index in [1.807, 2.05) is 24.3 Å². The van der Waals surface area contributed by atoms with E-state index in [9.17, 15) is 9.59 Å². The van der Waals surface area contributed by atoms with Crippen LogP contribution in [0.4, 0.5) is 15.6 Å². The number of para-hydroxylation sites is 2. The maximum Gasteiger partial charge on any atom is 0.416 e. The third kappa shape index (κ3) is 3.77. The van der Waals surface area contributed by atoms with Gasteiger partial charge in [-0.05, 0) is 12.1 Å². The van der Waals surface area contributed by atoms with Crippen molar-refractivity contribution in [3.63, 3.8) is 0 Å². The van der Waals surface area contributed by atoms with E-state index in [1.165, 1.54) is 23.1 Å². The Hall–Kier alpha value is -2.33. The number of aromatic nitrogens is 2. The fraction of sp³-hybridized carbons (Fsp3) is 0.286. The molecule has 1 aromatic heterocycles. The number of rotatable bonds is 6. The molecule has 2 heterocycles. The quantitative estimate of drug-likeness (QED) is 0.779. The molecule has 10 heteroatoms. The van der Waals surface area contributed by atoms with Crippen molar-refractivity contribution in [2.45, 2.75) is 4.34 Å². The number of carbonyl (C=O) groups excluding carboxylic acids is 2. The number of anilines is 2. The molecule has 1 aromatic carbocycles. The number of nitrogens with zero attached hydrogens (tertiary/aromatic N) is 3. The summed E-state index contributed by atoms with van der Waals surface area (Å²) < 4.78 is 10.6. The van der Waals surface area contributed by atoms with Gasteiger partial charge in [0.1, 0.15) is 12.4 Å². The zero-order chi connectivity index (χ0) is 16.9. The second kappa shape index (κ2) is 7.49. The predicted molar refractivity (Wildman–Crippen MR) is 90.0 cm³/mol. The fourth-order valence-corrected chi connectivity index (χ4v) is 3.64. The summed E-state index contributed by atoms with van der Waals surface area (Å²) in [4.78, 5) is 24.4. The minimum absolute atomic E-state index is 0.110. The van der Waals surface area contributed by atoms with Crippen LogP contribution in [0.1, 0.15) is 0 Å². The highest BCUT2D eigenvalue weighted by atomic mass is 32.2. The van der Waals surface area contributed by atoms with Gasteiger partial charge in [-0.3, -0.25) is 4.79 Å². The minimum Gasteiger partial charge on any atom is -0.495 e. The molecule has 24 heavy (non-hydrogen) atoms. The monoisotopic (exact) mass is 366 g/mol. The summed E-state index contributed by atoms with van der Waals surface area (Å²) in [5, 5.41) is 11.8. The van der Waals surface area contributed by atoms with Gasteiger partial charge in [0.15, 0.2) is 4.34 Å². The minimum atomic E-state index is -0.587. The number of imide groups is 1. The molecule has 1 N–H and O–H groups in total. The first-order valence-corrected chi connectivity index (χ1v) is 8.81. The van der Waals surface area contributed by atoms with E-state index in [0.29, 0.717) is 21.8 Å². The first-order chi connectivity index (χ1) is 11.7. The third-order valence-electron chi connectivity index (χ3n) is 3.14. The molecule has 1 aliphatic heterocycles. The lowest BCUT2D eigenvalue weighted by Crippen LogP contribution is -2.32. The van der Waals surface area contributed by atoms with Crippen LogP contribution in [0.5, 0.6) is 5.75 Å². The molecule has 126 valence electrons. The Morgan fingerprint density at radius 3 is 3.04 bits per heavy atom. The molecule has 0 aliphatic carbocycles. The van der Waals surface area contributed by atoms with Crippen LogP contribution in [-0.2, 0) is 9.53 Å². The van der Waals surface area contributed by atoms with E-state index in [2.05, 4.69) is 15.5 Å². The molecule has 3 rings (SSSR count). The highest BCUT2D eigenvalue weighted by Gasteiger charge is 2.28. The number of cyclic esters (lactones) is 1. The van der Waals surface area contributed by atoms with Crippen LogP contribution in [-0.4, -0.2) is 53.1 Å². The normalized spacial score (nSPS) is 13.7. The van der Waals surface area contributed by atoms with Crippen molar-refractivity contribution in [3.05, 3.63) is 24.3 Å². The van der Waals surface area contributed by atoms with Gasteiger partial charge in [0, 0.05) is 0 Å². The largest absolute Gasteiger partial charge is 0.495 e. The molecule has 0 unspecified atom stereocenters. The molecule has 2 aromatic rings. The summed E-state index contributed by atoms with van der Waals surface area (Å²) in [6.45, 7) is 0.552. The Balaban J connectivity index is 1.57. The SMILES string of the molecule is COc1ccccc1Nc1nnc(SCC(=O)N2CCOC2=O)s1. The van der Waals surface area contributed by atoms with Crippen LogP contribution in [0.3, 0.4) is 0 Å². The lowest BCUT2D eigenvalue weighted by Gasteiger charge is -2.08. The summed E-state index contributed by atoms with van der Waals surface area (Å²) in [5.41, 5.74) is 0.781. The van der Waals surface area contributed by atoms with E-state index < -0.39 is 6.09 Å². The fourth-order valence-electron chi connectivity index (χ4n) is 2.00. The Morgan fingerprint density at radius 2 is 2.29 bits per heavy atom. The van der Waals surface area contributed by atoms with Crippen LogP contribution in [0.15, 0.2) is 28.6 Å². The molecule has 8 nitrogen and oxygen atoms in total. The zero-order valence-corrected chi connectivity index (χ0v) is 14.4. The van der Waals surface area contributed by atoms with Gasteiger partial charge in [0.25, 0.3) is 0 Å². The molecule has 0 bridgehead atoms. The molecular formula is C14H14N4O4S2. The lowest BCUT2D eigenvalue weighted by atomic mass is 10.3. The molecule has 2 amide bonds. The van der Waals surface area contributed by atoms with Crippen LogP contribution in [0, 0.1) is 0 Å². The Kier molecular flexibility index (Phi) is 5.16. The van der Waals surface area contributed by atoms with Gasteiger partial charge < -0.3 is 14.8 Å². The van der Waals surface area contributed by atoms with Gasteiger partial charge in [-0.2, -0.15) is 0 Å². The number of hydrogen-bond acceptors (Lipinski definition) is 9. The van der Waals surface area contributed by atoms with Crippen molar-refractivity contribution in [1.29, 1.82) is 0 Å². The van der Waals surface area contributed by atoms with Crippen molar-refractivity contribution in [2.75, 3.05) is 31.3 Å². The number of nitrogens with one attached hydrogen (secondary N) is 1. The van der Waals surface area contributed by atoms with Crippen molar-refractivity contribution in [2.24, 2.45) is 0 Å². The number of thioether (sulfide) groups is 1. The van der Waals surface area contributed by atoms with E-state index in [1.54, 1.807) is 7.11 Å². The molecular weight excluding hydrogens is 352 g/mol.